The first kappa shape index (κ1) is 24.1. The Morgan fingerprint density at radius 2 is 1.94 bits per heavy atom. The Balaban J connectivity index is 1.40. The van der Waals surface area contributed by atoms with Crippen molar-refractivity contribution < 1.29 is 13.2 Å². The molecule has 0 aliphatic carbocycles. The number of halogens is 2. The minimum atomic E-state index is -3.65. The Hall–Kier alpha value is -2.04. The molecule has 1 aromatic heterocycles. The highest BCUT2D eigenvalue weighted by Crippen LogP contribution is 2.29. The third kappa shape index (κ3) is 5.91. The second-order valence-corrected chi connectivity index (χ2v) is 11.7. The van der Waals surface area contributed by atoms with Gasteiger partial charge < -0.3 is 5.32 Å². The lowest BCUT2D eigenvalue weighted by atomic mass is 9.99. The van der Waals surface area contributed by atoms with E-state index in [0.717, 1.165) is 11.1 Å². The molecule has 174 valence electrons. The summed E-state index contributed by atoms with van der Waals surface area (Å²) in [6, 6.07) is 12.6. The van der Waals surface area contributed by atoms with Crippen molar-refractivity contribution in [1.29, 1.82) is 0 Å². The number of nitrogens with zero attached hydrogens (tertiary/aromatic N) is 3. The maximum atomic E-state index is 13.0. The Labute approximate surface area is 206 Å². The highest BCUT2D eigenvalue weighted by molar-refractivity contribution is 7.88. The summed E-state index contributed by atoms with van der Waals surface area (Å²) in [6.07, 6.45) is 1.19. The molecule has 0 spiro atoms. The molecule has 1 amide bonds. The normalized spacial score (nSPS) is 17.1. The number of rotatable bonds is 6. The second kappa shape index (κ2) is 10.1. The van der Waals surface area contributed by atoms with E-state index in [1.165, 1.54) is 21.7 Å². The number of amides is 1. The minimum Gasteiger partial charge on any atom is -0.300 e. The summed E-state index contributed by atoms with van der Waals surface area (Å²) >= 11 is 13.3. The molecule has 0 bridgehead atoms. The van der Waals surface area contributed by atoms with Crippen LogP contribution in [0.3, 0.4) is 0 Å². The molecular weight excluding hydrogens is 503 g/mol. The number of aromatic nitrogens is 2. The van der Waals surface area contributed by atoms with Gasteiger partial charge in [-0.15, -0.1) is 10.2 Å². The zero-order chi connectivity index (χ0) is 23.6. The smallest absolute Gasteiger partial charge is 0.230 e. The Morgan fingerprint density at radius 1 is 1.18 bits per heavy atom. The van der Waals surface area contributed by atoms with Gasteiger partial charge in [-0.05, 0) is 37.5 Å². The molecule has 1 aliphatic heterocycles. The fourth-order valence-electron chi connectivity index (χ4n) is 3.63. The standard InChI is InChI=1S/C22H22Cl2N4O3S2/c1-14-4-6-15(7-5-14)21-26-27-22(32-21)25-20(29)16-3-2-10-28(12-16)33(30,31)13-17-8-9-18(23)11-19(17)24/h4-9,11,16H,2-3,10,12-13H2,1H3,(H,25,27,29). The van der Waals surface area contributed by atoms with Gasteiger partial charge in [-0.25, -0.2) is 12.7 Å². The molecule has 1 N–H and O–H groups in total. The van der Waals surface area contributed by atoms with Gasteiger partial charge in [0.15, 0.2) is 0 Å². The Bertz CT molecular complexity index is 1260. The molecule has 7 nitrogen and oxygen atoms in total. The number of aryl methyl sites for hydroxylation is 1. The van der Waals surface area contributed by atoms with Crippen LogP contribution in [0.2, 0.25) is 10.0 Å². The quantitative estimate of drug-likeness (QED) is 0.489. The lowest BCUT2D eigenvalue weighted by Gasteiger charge is -2.31. The maximum absolute atomic E-state index is 13.0. The number of hydrogen-bond donors (Lipinski definition) is 1. The maximum Gasteiger partial charge on any atom is 0.230 e. The molecule has 1 aliphatic rings. The molecule has 1 fully saturated rings. The van der Waals surface area contributed by atoms with Gasteiger partial charge in [0, 0.05) is 28.7 Å². The van der Waals surface area contributed by atoms with Gasteiger partial charge in [-0.1, -0.05) is 70.4 Å². The average Bonchev–Trinajstić information content (AvgIpc) is 3.24. The van der Waals surface area contributed by atoms with Crippen LogP contribution in [0.15, 0.2) is 42.5 Å². The molecule has 1 saturated heterocycles. The van der Waals surface area contributed by atoms with Gasteiger partial charge >= 0.3 is 0 Å². The number of sulfonamides is 1. The highest BCUT2D eigenvalue weighted by Gasteiger charge is 2.33. The first-order chi connectivity index (χ1) is 15.7. The summed E-state index contributed by atoms with van der Waals surface area (Å²) in [5.41, 5.74) is 2.55. The molecule has 2 aromatic carbocycles. The lowest BCUT2D eigenvalue weighted by Crippen LogP contribution is -2.44. The Morgan fingerprint density at radius 3 is 2.67 bits per heavy atom. The van der Waals surface area contributed by atoms with Crippen molar-refractivity contribution in [3.63, 3.8) is 0 Å². The molecule has 2 heterocycles. The number of hydrogen-bond acceptors (Lipinski definition) is 6. The summed E-state index contributed by atoms with van der Waals surface area (Å²) < 4.78 is 27.3. The average molecular weight is 525 g/mol. The second-order valence-electron chi connectivity index (χ2n) is 7.96. The van der Waals surface area contributed by atoms with Gasteiger partial charge in [0.2, 0.25) is 21.1 Å². The van der Waals surface area contributed by atoms with Crippen molar-refractivity contribution in [2.75, 3.05) is 18.4 Å². The molecule has 4 rings (SSSR count). The Kier molecular flexibility index (Phi) is 7.35. The van der Waals surface area contributed by atoms with E-state index < -0.39 is 15.9 Å². The molecule has 3 aromatic rings. The fourth-order valence-corrected chi connectivity index (χ4v) is 6.58. The van der Waals surface area contributed by atoms with Crippen LogP contribution < -0.4 is 5.32 Å². The molecule has 11 heteroatoms. The zero-order valence-electron chi connectivity index (χ0n) is 17.8. The predicted molar refractivity (Wildman–Crippen MR) is 132 cm³/mol. The summed E-state index contributed by atoms with van der Waals surface area (Å²) in [6.45, 7) is 2.49. The van der Waals surface area contributed by atoms with Gasteiger partial charge in [0.25, 0.3) is 0 Å². The van der Waals surface area contributed by atoms with Crippen LogP contribution >= 0.6 is 34.5 Å². The molecule has 33 heavy (non-hydrogen) atoms. The topological polar surface area (TPSA) is 92.3 Å². The van der Waals surface area contributed by atoms with Gasteiger partial charge in [-0.3, -0.25) is 4.79 Å². The van der Waals surface area contributed by atoms with E-state index in [4.69, 9.17) is 23.2 Å². The van der Waals surface area contributed by atoms with Gasteiger partial charge in [0.05, 0.1) is 11.7 Å². The van der Waals surface area contributed by atoms with Crippen molar-refractivity contribution in [3.8, 4) is 10.6 Å². The first-order valence-electron chi connectivity index (χ1n) is 10.3. The van der Waals surface area contributed by atoms with Crippen molar-refractivity contribution in [2.24, 2.45) is 5.92 Å². The molecule has 0 radical (unpaired) electrons. The lowest BCUT2D eigenvalue weighted by molar-refractivity contribution is -0.120. The van der Waals surface area contributed by atoms with E-state index in [9.17, 15) is 13.2 Å². The van der Waals surface area contributed by atoms with Gasteiger partial charge in [0.1, 0.15) is 5.01 Å². The summed E-state index contributed by atoms with van der Waals surface area (Å²) in [5.74, 6) is -0.972. The SMILES string of the molecule is Cc1ccc(-c2nnc(NC(=O)C3CCCN(S(=O)(=O)Cc4ccc(Cl)cc4Cl)C3)s2)cc1. The van der Waals surface area contributed by atoms with Gasteiger partial charge in [-0.2, -0.15) is 0 Å². The monoisotopic (exact) mass is 524 g/mol. The van der Waals surface area contributed by atoms with E-state index in [0.29, 0.717) is 45.1 Å². The number of benzene rings is 2. The molecule has 0 saturated carbocycles. The van der Waals surface area contributed by atoms with Crippen molar-refractivity contribution >= 4 is 55.6 Å². The van der Waals surface area contributed by atoms with Crippen LogP contribution in [0.5, 0.6) is 0 Å². The number of nitrogens with one attached hydrogen (secondary N) is 1. The number of piperidine rings is 1. The third-order valence-electron chi connectivity index (χ3n) is 5.45. The fraction of sp³-hybridized carbons (Fsp3) is 0.318. The molecule has 1 atom stereocenters. The van der Waals surface area contributed by atoms with E-state index in [1.54, 1.807) is 12.1 Å². The number of anilines is 1. The van der Waals surface area contributed by atoms with E-state index in [-0.39, 0.29) is 18.2 Å². The van der Waals surface area contributed by atoms with Crippen molar-refractivity contribution in [1.82, 2.24) is 14.5 Å². The van der Waals surface area contributed by atoms with E-state index >= 15 is 0 Å². The zero-order valence-corrected chi connectivity index (χ0v) is 20.9. The molecule has 1 unspecified atom stereocenters. The van der Waals surface area contributed by atoms with Crippen LogP contribution in [-0.4, -0.2) is 41.9 Å². The van der Waals surface area contributed by atoms with E-state index in [1.807, 2.05) is 31.2 Å². The highest BCUT2D eigenvalue weighted by atomic mass is 35.5. The predicted octanol–water partition coefficient (Wildman–Crippen LogP) is 5.00. The summed E-state index contributed by atoms with van der Waals surface area (Å²) in [5, 5.41) is 12.9. The van der Waals surface area contributed by atoms with Crippen molar-refractivity contribution in [3.05, 3.63) is 63.6 Å². The minimum absolute atomic E-state index is 0.114. The van der Waals surface area contributed by atoms with Crippen LogP contribution in [0, 0.1) is 12.8 Å². The van der Waals surface area contributed by atoms with Crippen LogP contribution in [-0.2, 0) is 20.6 Å². The molecular formula is C22H22Cl2N4O3S2. The summed E-state index contributed by atoms with van der Waals surface area (Å²) in [4.78, 5) is 12.9. The van der Waals surface area contributed by atoms with Crippen LogP contribution in [0.25, 0.3) is 10.6 Å². The summed E-state index contributed by atoms with van der Waals surface area (Å²) in [7, 11) is -3.65. The first-order valence-corrected chi connectivity index (χ1v) is 13.5. The van der Waals surface area contributed by atoms with Crippen molar-refractivity contribution in [2.45, 2.75) is 25.5 Å². The van der Waals surface area contributed by atoms with Crippen LogP contribution in [0.4, 0.5) is 5.13 Å². The third-order valence-corrected chi connectivity index (χ3v) is 8.72. The largest absolute Gasteiger partial charge is 0.300 e. The number of carbonyl (C=O) groups excluding carboxylic acids is 1. The van der Waals surface area contributed by atoms with Crippen LogP contribution in [0.1, 0.15) is 24.0 Å². The van der Waals surface area contributed by atoms with E-state index in [2.05, 4.69) is 15.5 Å². The number of carbonyl (C=O) groups is 1.